The second-order valence-corrected chi connectivity index (χ2v) is 7.05. The van der Waals surface area contributed by atoms with Gasteiger partial charge in [-0.2, -0.15) is 0 Å². The summed E-state index contributed by atoms with van der Waals surface area (Å²) in [6.07, 6.45) is 0.559. The van der Waals surface area contributed by atoms with Crippen molar-refractivity contribution in [1.29, 1.82) is 5.41 Å². The fraction of sp³-hybridized carbons (Fsp3) is 0.211. The van der Waals surface area contributed by atoms with Crippen LogP contribution in [-0.4, -0.2) is 22.6 Å². The molecule has 0 spiro atoms. The third-order valence-electron chi connectivity index (χ3n) is 3.64. The normalized spacial score (nSPS) is 12.9. The molecule has 0 aliphatic heterocycles. The topological polar surface area (TPSA) is 89.1 Å². The second kappa shape index (κ2) is 7.03. The Bertz CT molecular complexity index is 914. The number of nitrogen functional groups attached to an aromatic ring is 1. The van der Waals surface area contributed by atoms with E-state index in [0.29, 0.717) is 17.1 Å². The molecule has 3 N–H and O–H groups in total. The SMILES string of the molecule is CC(C)Oc1ccc2c(c1)CC(=N)C2=O.Nc1nc2ccccc2s1. The molecule has 0 saturated carbocycles. The number of ether oxygens (including phenoxy) is 1. The average molecular weight is 353 g/mol. The van der Waals surface area contributed by atoms with Gasteiger partial charge in [0.2, 0.25) is 5.78 Å². The summed E-state index contributed by atoms with van der Waals surface area (Å²) in [4.78, 5) is 15.6. The lowest BCUT2D eigenvalue weighted by atomic mass is 10.1. The zero-order chi connectivity index (χ0) is 18.0. The maximum absolute atomic E-state index is 11.5. The molecule has 0 bridgehead atoms. The summed E-state index contributed by atoms with van der Waals surface area (Å²) in [6, 6.07) is 13.3. The van der Waals surface area contributed by atoms with E-state index in [4.69, 9.17) is 15.9 Å². The molecule has 5 nitrogen and oxygen atoms in total. The molecule has 6 heteroatoms. The van der Waals surface area contributed by atoms with Crippen LogP contribution in [0.2, 0.25) is 0 Å². The molecular formula is C19H19N3O2S. The molecule has 1 aliphatic rings. The van der Waals surface area contributed by atoms with Crippen LogP contribution >= 0.6 is 11.3 Å². The van der Waals surface area contributed by atoms with Crippen molar-refractivity contribution in [3.8, 4) is 5.75 Å². The first kappa shape index (κ1) is 17.1. The Morgan fingerprint density at radius 1 is 1.24 bits per heavy atom. The summed E-state index contributed by atoms with van der Waals surface area (Å²) in [6.45, 7) is 3.92. The van der Waals surface area contributed by atoms with Gasteiger partial charge in [0.05, 0.1) is 22.0 Å². The molecule has 0 radical (unpaired) electrons. The fourth-order valence-corrected chi connectivity index (χ4v) is 3.34. The van der Waals surface area contributed by atoms with Crippen LogP contribution in [0.25, 0.3) is 10.2 Å². The predicted molar refractivity (Wildman–Crippen MR) is 102 cm³/mol. The van der Waals surface area contributed by atoms with Crippen molar-refractivity contribution in [2.75, 3.05) is 5.73 Å². The molecule has 0 saturated heterocycles. The zero-order valence-corrected chi connectivity index (χ0v) is 14.9. The number of ketones is 1. The van der Waals surface area contributed by atoms with Crippen LogP contribution in [0, 0.1) is 5.41 Å². The Hall–Kier alpha value is -2.73. The van der Waals surface area contributed by atoms with E-state index in [0.717, 1.165) is 21.5 Å². The number of benzene rings is 2. The minimum atomic E-state index is -0.152. The van der Waals surface area contributed by atoms with Crippen molar-refractivity contribution in [2.45, 2.75) is 26.4 Å². The highest BCUT2D eigenvalue weighted by Crippen LogP contribution is 2.25. The van der Waals surface area contributed by atoms with Crippen molar-refractivity contribution < 1.29 is 9.53 Å². The van der Waals surface area contributed by atoms with E-state index in [1.165, 1.54) is 11.3 Å². The Morgan fingerprint density at radius 2 is 2.00 bits per heavy atom. The molecular weight excluding hydrogens is 334 g/mol. The van der Waals surface area contributed by atoms with E-state index in [9.17, 15) is 4.79 Å². The number of carbonyl (C=O) groups excluding carboxylic acids is 1. The summed E-state index contributed by atoms with van der Waals surface area (Å²) in [5.41, 5.74) is 8.22. The minimum Gasteiger partial charge on any atom is -0.491 e. The van der Waals surface area contributed by atoms with Gasteiger partial charge in [-0.25, -0.2) is 4.98 Å². The lowest BCUT2D eigenvalue weighted by Crippen LogP contribution is -2.06. The van der Waals surface area contributed by atoms with Crippen molar-refractivity contribution >= 4 is 38.2 Å². The van der Waals surface area contributed by atoms with Gasteiger partial charge in [0, 0.05) is 12.0 Å². The van der Waals surface area contributed by atoms with Crippen molar-refractivity contribution in [2.24, 2.45) is 0 Å². The Kier molecular flexibility index (Phi) is 4.81. The van der Waals surface area contributed by atoms with Crippen LogP contribution < -0.4 is 10.5 Å². The Morgan fingerprint density at radius 3 is 2.72 bits per heavy atom. The number of anilines is 1. The number of thiazole rings is 1. The lowest BCUT2D eigenvalue weighted by Gasteiger charge is -2.10. The quantitative estimate of drug-likeness (QED) is 0.725. The van der Waals surface area contributed by atoms with Gasteiger partial charge in [-0.05, 0) is 49.7 Å². The first-order valence-electron chi connectivity index (χ1n) is 7.97. The number of aromatic nitrogens is 1. The smallest absolute Gasteiger partial charge is 0.207 e. The highest BCUT2D eigenvalue weighted by Gasteiger charge is 2.25. The maximum Gasteiger partial charge on any atom is 0.207 e. The number of hydrogen-bond acceptors (Lipinski definition) is 6. The van der Waals surface area contributed by atoms with Crippen LogP contribution in [0.5, 0.6) is 5.75 Å². The molecule has 4 rings (SSSR count). The fourth-order valence-electron chi connectivity index (χ4n) is 2.61. The van der Waals surface area contributed by atoms with Gasteiger partial charge in [0.25, 0.3) is 0 Å². The summed E-state index contributed by atoms with van der Waals surface area (Å²) < 4.78 is 6.68. The number of Topliss-reactive ketones (excluding diaryl/α,β-unsaturated/α-hetero) is 1. The summed E-state index contributed by atoms with van der Waals surface area (Å²) >= 11 is 1.52. The van der Waals surface area contributed by atoms with Gasteiger partial charge in [-0.15, -0.1) is 0 Å². The number of rotatable bonds is 2. The highest BCUT2D eigenvalue weighted by atomic mass is 32.1. The van der Waals surface area contributed by atoms with Gasteiger partial charge >= 0.3 is 0 Å². The van der Waals surface area contributed by atoms with Crippen molar-refractivity contribution in [3.05, 3.63) is 53.6 Å². The van der Waals surface area contributed by atoms with Crippen LogP contribution in [0.4, 0.5) is 5.13 Å². The van der Waals surface area contributed by atoms with E-state index in [1.54, 1.807) is 12.1 Å². The van der Waals surface area contributed by atoms with E-state index in [1.807, 2.05) is 44.2 Å². The Balaban J connectivity index is 0.000000157. The molecule has 0 atom stereocenters. The molecule has 1 aliphatic carbocycles. The maximum atomic E-state index is 11.5. The standard InChI is InChI=1S/C12H13NO2.C7H6N2S/c1-7(2)15-9-3-4-10-8(5-9)6-11(13)12(10)14;8-7-9-5-3-1-2-4-6(5)10-7/h3-5,7,13H,6H2,1-2H3;1-4H,(H2,8,9). The lowest BCUT2D eigenvalue weighted by molar-refractivity contribution is 0.106. The van der Waals surface area contributed by atoms with Crippen molar-refractivity contribution in [1.82, 2.24) is 4.98 Å². The molecule has 0 unspecified atom stereocenters. The zero-order valence-electron chi connectivity index (χ0n) is 14.1. The van der Waals surface area contributed by atoms with Crippen LogP contribution in [0.15, 0.2) is 42.5 Å². The number of fused-ring (bicyclic) bond motifs is 2. The molecule has 25 heavy (non-hydrogen) atoms. The number of nitrogens with two attached hydrogens (primary N) is 1. The molecule has 128 valence electrons. The first-order valence-corrected chi connectivity index (χ1v) is 8.78. The number of nitrogens with one attached hydrogen (secondary N) is 1. The number of nitrogens with zero attached hydrogens (tertiary/aromatic N) is 1. The largest absolute Gasteiger partial charge is 0.491 e. The summed E-state index contributed by atoms with van der Waals surface area (Å²) in [5.74, 6) is 0.618. The van der Waals surface area contributed by atoms with Crippen LogP contribution in [-0.2, 0) is 6.42 Å². The highest BCUT2D eigenvalue weighted by molar-refractivity contribution is 7.22. The van der Waals surface area contributed by atoms with Gasteiger partial charge < -0.3 is 15.9 Å². The van der Waals surface area contributed by atoms with Gasteiger partial charge in [-0.1, -0.05) is 23.5 Å². The second-order valence-electron chi connectivity index (χ2n) is 5.99. The third kappa shape index (κ3) is 3.85. The van der Waals surface area contributed by atoms with E-state index in [-0.39, 0.29) is 17.6 Å². The summed E-state index contributed by atoms with van der Waals surface area (Å²) in [7, 11) is 0. The average Bonchev–Trinajstić information content (AvgIpc) is 3.06. The van der Waals surface area contributed by atoms with E-state index >= 15 is 0 Å². The van der Waals surface area contributed by atoms with E-state index in [2.05, 4.69) is 4.98 Å². The molecule has 1 heterocycles. The number of carbonyl (C=O) groups is 1. The predicted octanol–water partition coefficient (Wildman–Crippen LogP) is 4.11. The van der Waals surface area contributed by atoms with Crippen LogP contribution in [0.1, 0.15) is 29.8 Å². The van der Waals surface area contributed by atoms with Crippen LogP contribution in [0.3, 0.4) is 0 Å². The first-order chi connectivity index (χ1) is 11.9. The minimum absolute atomic E-state index is 0.125. The van der Waals surface area contributed by atoms with Gasteiger partial charge in [0.15, 0.2) is 5.13 Å². The molecule has 0 fully saturated rings. The Labute approximate surface area is 150 Å². The third-order valence-corrected chi connectivity index (χ3v) is 4.51. The van der Waals surface area contributed by atoms with E-state index < -0.39 is 0 Å². The molecule has 3 aromatic rings. The van der Waals surface area contributed by atoms with Crippen molar-refractivity contribution in [3.63, 3.8) is 0 Å². The number of para-hydroxylation sites is 1. The van der Waals surface area contributed by atoms with Gasteiger partial charge in [-0.3, -0.25) is 4.79 Å². The monoisotopic (exact) mass is 353 g/mol. The van der Waals surface area contributed by atoms with Gasteiger partial charge in [0.1, 0.15) is 5.75 Å². The number of hydrogen-bond donors (Lipinski definition) is 2. The summed E-state index contributed by atoms with van der Waals surface area (Å²) in [5, 5.41) is 8.10. The molecule has 0 amide bonds. The molecule has 2 aromatic carbocycles. The molecule has 1 aromatic heterocycles.